The zero-order valence-corrected chi connectivity index (χ0v) is 26.6. The van der Waals surface area contributed by atoms with Gasteiger partial charge >= 0.3 is 0 Å². The second-order valence-corrected chi connectivity index (χ2v) is 12.7. The first-order valence-electron chi connectivity index (χ1n) is 15.9. The van der Waals surface area contributed by atoms with Gasteiger partial charge in [-0.05, 0) is 63.6 Å². The van der Waals surface area contributed by atoms with Crippen molar-refractivity contribution in [3.05, 3.63) is 90.5 Å². The Morgan fingerprint density at radius 2 is 1.96 bits per heavy atom. The minimum Gasteiger partial charge on any atom is -0.457 e. The first-order valence-corrected chi connectivity index (χ1v) is 15.9. The Labute approximate surface area is 272 Å². The summed E-state index contributed by atoms with van der Waals surface area (Å²) in [5, 5.41) is 15.6. The first kappa shape index (κ1) is 30.5. The molecule has 7 rings (SSSR count). The number of para-hydroxylation sites is 1. The maximum absolute atomic E-state index is 15.7. The van der Waals surface area contributed by atoms with Gasteiger partial charge in [-0.1, -0.05) is 18.2 Å². The van der Waals surface area contributed by atoms with Crippen LogP contribution in [0.1, 0.15) is 38.6 Å². The van der Waals surface area contributed by atoms with Crippen LogP contribution in [0.25, 0.3) is 22.3 Å². The molecule has 2 aliphatic rings. The molecule has 47 heavy (non-hydrogen) atoms. The molecule has 2 aromatic carbocycles. The van der Waals surface area contributed by atoms with E-state index in [2.05, 4.69) is 55.3 Å². The second kappa shape index (κ2) is 12.6. The van der Waals surface area contributed by atoms with Crippen LogP contribution in [0.3, 0.4) is 0 Å². The fourth-order valence-electron chi connectivity index (χ4n) is 6.73. The summed E-state index contributed by atoms with van der Waals surface area (Å²) in [5.74, 6) is 1.80. The molecule has 1 unspecified atom stereocenters. The molecular weight excluding hydrogens is 595 g/mol. The number of nitriles is 1. The number of imidazole rings is 1. The van der Waals surface area contributed by atoms with Crippen molar-refractivity contribution in [1.82, 2.24) is 39.1 Å². The number of fused-ring (bicyclic) bond motifs is 2. The highest BCUT2D eigenvalue weighted by atomic mass is 19.1. The van der Waals surface area contributed by atoms with E-state index in [1.807, 2.05) is 47.4 Å². The van der Waals surface area contributed by atoms with Crippen molar-refractivity contribution in [2.75, 3.05) is 31.9 Å². The van der Waals surface area contributed by atoms with E-state index >= 15 is 4.39 Å². The molecule has 240 valence electrons. The first-order chi connectivity index (χ1) is 22.8. The van der Waals surface area contributed by atoms with Gasteiger partial charge in [-0.25, -0.2) is 24.0 Å². The summed E-state index contributed by atoms with van der Waals surface area (Å²) in [5.41, 5.74) is 8.01. The number of nitrogens with zero attached hydrogens (tertiary/aromatic N) is 9. The van der Waals surface area contributed by atoms with Crippen LogP contribution < -0.4 is 10.5 Å². The maximum atomic E-state index is 15.7. The highest BCUT2D eigenvalue weighted by molar-refractivity contribution is 5.98. The lowest BCUT2D eigenvalue weighted by atomic mass is 9.97. The lowest BCUT2D eigenvalue weighted by Crippen LogP contribution is -2.47. The SMILES string of the molecule is CC(C)(C=C(C#N)CN1CCCC(n2nc(-c3ccc(Oc4ccccc4)cc3F)c3c(N)ncnc32)C1)N1CCn2ccnc2C1. The van der Waals surface area contributed by atoms with Crippen LogP contribution >= 0.6 is 0 Å². The number of ether oxygens (including phenoxy) is 1. The molecule has 12 heteroatoms. The van der Waals surface area contributed by atoms with E-state index in [9.17, 15) is 5.26 Å². The molecule has 0 spiro atoms. The summed E-state index contributed by atoms with van der Waals surface area (Å²) in [6.07, 6.45) is 9.15. The van der Waals surface area contributed by atoms with Crippen LogP contribution in [0, 0.1) is 17.1 Å². The smallest absolute Gasteiger partial charge is 0.164 e. The van der Waals surface area contributed by atoms with Gasteiger partial charge in [-0.15, -0.1) is 0 Å². The summed E-state index contributed by atoms with van der Waals surface area (Å²) in [4.78, 5) is 17.9. The fourth-order valence-corrected chi connectivity index (χ4v) is 6.73. The topological polar surface area (TPSA) is 127 Å². The molecule has 11 nitrogen and oxygen atoms in total. The van der Waals surface area contributed by atoms with Crippen molar-refractivity contribution in [3.63, 3.8) is 0 Å². The quantitative estimate of drug-likeness (QED) is 0.218. The minimum absolute atomic E-state index is 0.0491. The number of halogens is 1. The zero-order valence-electron chi connectivity index (χ0n) is 26.6. The molecule has 1 fully saturated rings. The summed E-state index contributed by atoms with van der Waals surface area (Å²) >= 11 is 0. The highest BCUT2D eigenvalue weighted by Crippen LogP contribution is 2.36. The van der Waals surface area contributed by atoms with E-state index < -0.39 is 5.82 Å². The Balaban J connectivity index is 1.12. The number of hydrogen-bond acceptors (Lipinski definition) is 9. The molecule has 0 amide bonds. The van der Waals surface area contributed by atoms with Crippen LogP contribution in [-0.4, -0.2) is 70.8 Å². The third-order valence-corrected chi connectivity index (χ3v) is 9.14. The third kappa shape index (κ3) is 6.19. The number of anilines is 1. The van der Waals surface area contributed by atoms with Crippen LogP contribution in [0.4, 0.5) is 10.2 Å². The average Bonchev–Trinajstić information content (AvgIpc) is 3.71. The van der Waals surface area contributed by atoms with Gasteiger partial charge in [-0.2, -0.15) is 10.4 Å². The fraction of sp³-hybridized carbons (Fsp3) is 0.343. The number of benzene rings is 2. The van der Waals surface area contributed by atoms with Gasteiger partial charge in [0.25, 0.3) is 0 Å². The summed E-state index contributed by atoms with van der Waals surface area (Å²) in [6.45, 7) is 8.87. The molecular formula is C35H37FN10O. The van der Waals surface area contributed by atoms with Crippen molar-refractivity contribution >= 4 is 16.9 Å². The van der Waals surface area contributed by atoms with Crippen molar-refractivity contribution in [3.8, 4) is 28.8 Å². The van der Waals surface area contributed by atoms with Crippen molar-refractivity contribution in [2.24, 2.45) is 0 Å². The molecule has 2 aliphatic heterocycles. The predicted molar refractivity (Wildman–Crippen MR) is 177 cm³/mol. The predicted octanol–water partition coefficient (Wildman–Crippen LogP) is 5.58. The standard InChI is InChI=1S/C35H37FN10O/c1-35(2,45-16-15-44-14-12-39-30(44)22-45)18-24(19-37)20-43-13-6-7-25(21-43)46-34-31(33(38)40-23-41-34)32(42-46)28-11-10-27(17-29(28)36)47-26-8-4-3-5-9-26/h3-5,8-12,14,17-18,23,25H,6-7,13,15-16,20-22H2,1-2H3,(H2,38,40,41). The van der Waals surface area contributed by atoms with Crippen molar-refractivity contribution in [2.45, 2.75) is 51.4 Å². The molecule has 1 atom stereocenters. The third-order valence-electron chi connectivity index (χ3n) is 9.14. The van der Waals surface area contributed by atoms with Crippen LogP contribution in [0.15, 0.2) is 78.9 Å². The molecule has 0 aliphatic carbocycles. The number of likely N-dealkylation sites (tertiary alicyclic amines) is 1. The molecule has 0 radical (unpaired) electrons. The number of piperidine rings is 1. The Bertz CT molecular complexity index is 1980. The summed E-state index contributed by atoms with van der Waals surface area (Å²) in [6, 6.07) is 16.4. The lowest BCUT2D eigenvalue weighted by molar-refractivity contribution is 0.120. The van der Waals surface area contributed by atoms with Gasteiger partial charge in [0.1, 0.15) is 41.0 Å². The highest BCUT2D eigenvalue weighted by Gasteiger charge is 2.31. The number of nitrogen functional groups attached to an aromatic ring is 1. The van der Waals surface area contributed by atoms with Gasteiger partial charge in [-0.3, -0.25) is 9.80 Å². The summed E-state index contributed by atoms with van der Waals surface area (Å²) < 4.78 is 25.5. The van der Waals surface area contributed by atoms with Crippen LogP contribution in [0.5, 0.6) is 11.5 Å². The second-order valence-electron chi connectivity index (χ2n) is 12.7. The van der Waals surface area contributed by atoms with E-state index in [1.54, 1.807) is 12.1 Å². The van der Waals surface area contributed by atoms with E-state index in [-0.39, 0.29) is 17.4 Å². The molecule has 0 bridgehead atoms. The van der Waals surface area contributed by atoms with Crippen LogP contribution in [0.2, 0.25) is 0 Å². The normalized spacial score (nSPS) is 17.8. The molecule has 0 saturated carbocycles. The van der Waals surface area contributed by atoms with E-state index in [0.29, 0.717) is 46.9 Å². The Hall–Kier alpha value is -5.12. The number of nitrogens with two attached hydrogens (primary N) is 1. The van der Waals surface area contributed by atoms with Crippen molar-refractivity contribution in [1.29, 1.82) is 5.26 Å². The van der Waals surface area contributed by atoms with Gasteiger partial charge < -0.3 is 15.0 Å². The van der Waals surface area contributed by atoms with E-state index in [0.717, 1.165) is 50.4 Å². The molecule has 1 saturated heterocycles. The largest absolute Gasteiger partial charge is 0.457 e. The van der Waals surface area contributed by atoms with Crippen LogP contribution in [-0.2, 0) is 13.1 Å². The molecule has 5 heterocycles. The zero-order chi connectivity index (χ0) is 32.5. The van der Waals surface area contributed by atoms with Gasteiger partial charge in [0.15, 0.2) is 5.65 Å². The van der Waals surface area contributed by atoms with Crippen molar-refractivity contribution < 1.29 is 9.13 Å². The maximum Gasteiger partial charge on any atom is 0.164 e. The van der Waals surface area contributed by atoms with E-state index in [1.165, 1.54) is 12.4 Å². The molecule has 3 aromatic heterocycles. The minimum atomic E-state index is -0.484. The lowest BCUT2D eigenvalue weighted by Gasteiger charge is -2.39. The number of rotatable bonds is 8. The Morgan fingerprint density at radius 1 is 1.11 bits per heavy atom. The monoisotopic (exact) mass is 632 g/mol. The summed E-state index contributed by atoms with van der Waals surface area (Å²) in [7, 11) is 0. The molecule has 2 N–H and O–H groups in total. The van der Waals surface area contributed by atoms with E-state index in [4.69, 9.17) is 15.6 Å². The average molecular weight is 633 g/mol. The number of aromatic nitrogens is 6. The van der Waals surface area contributed by atoms with Gasteiger partial charge in [0.2, 0.25) is 0 Å². The van der Waals surface area contributed by atoms with Gasteiger partial charge in [0, 0.05) is 61.3 Å². The van der Waals surface area contributed by atoms with Gasteiger partial charge in [0.05, 0.1) is 24.0 Å². The molecule has 5 aromatic rings. The Morgan fingerprint density at radius 3 is 2.77 bits per heavy atom. The Kier molecular flexibility index (Phi) is 8.17. The number of hydrogen-bond donors (Lipinski definition) is 1.